The first-order valence-electron chi connectivity index (χ1n) is 5.36. The van der Waals surface area contributed by atoms with Crippen molar-refractivity contribution in [3.05, 3.63) is 18.2 Å². The van der Waals surface area contributed by atoms with Crippen molar-refractivity contribution in [3.8, 4) is 0 Å². The monoisotopic (exact) mass is 233 g/mol. The van der Waals surface area contributed by atoms with Gasteiger partial charge in [0.05, 0.1) is 12.0 Å². The van der Waals surface area contributed by atoms with E-state index in [-0.39, 0.29) is 6.04 Å². The van der Waals surface area contributed by atoms with E-state index >= 15 is 0 Å². The van der Waals surface area contributed by atoms with Crippen LogP contribution in [0.15, 0.2) is 12.5 Å². The van der Waals surface area contributed by atoms with Gasteiger partial charge in [-0.2, -0.15) is 13.2 Å². The third kappa shape index (κ3) is 2.75. The molecule has 2 rings (SSSR count). The Morgan fingerprint density at radius 2 is 2.25 bits per heavy atom. The summed E-state index contributed by atoms with van der Waals surface area (Å²) in [5.74, 6) is 0. The quantitative estimate of drug-likeness (QED) is 0.849. The standard InChI is InChI=1S/C10H14F3N3/c11-10(12,13)6-16-7-14-5-9(16)8-3-1-2-4-15-8/h5,7-8,15H,1-4,6H2. The highest BCUT2D eigenvalue weighted by molar-refractivity contribution is 5.06. The molecule has 6 heteroatoms. The first kappa shape index (κ1) is 11.4. The Kier molecular flexibility index (Phi) is 3.18. The van der Waals surface area contributed by atoms with Gasteiger partial charge in [0.15, 0.2) is 0 Å². The van der Waals surface area contributed by atoms with Gasteiger partial charge in [0.2, 0.25) is 0 Å². The minimum absolute atomic E-state index is 0.0126. The second kappa shape index (κ2) is 4.45. The van der Waals surface area contributed by atoms with Gasteiger partial charge in [-0.25, -0.2) is 4.98 Å². The van der Waals surface area contributed by atoms with E-state index in [0.29, 0.717) is 5.69 Å². The van der Waals surface area contributed by atoms with Gasteiger partial charge in [-0.05, 0) is 19.4 Å². The van der Waals surface area contributed by atoms with Crippen molar-refractivity contribution in [2.45, 2.75) is 38.0 Å². The van der Waals surface area contributed by atoms with Crippen molar-refractivity contribution in [3.63, 3.8) is 0 Å². The summed E-state index contributed by atoms with van der Waals surface area (Å²) < 4.78 is 38.1. The molecule has 1 unspecified atom stereocenters. The Bertz CT molecular complexity index is 339. The zero-order chi connectivity index (χ0) is 11.6. The molecule has 0 spiro atoms. The molecule has 16 heavy (non-hydrogen) atoms. The highest BCUT2D eigenvalue weighted by Crippen LogP contribution is 2.25. The van der Waals surface area contributed by atoms with E-state index in [1.807, 2.05) is 0 Å². The molecule has 0 amide bonds. The van der Waals surface area contributed by atoms with Gasteiger partial charge in [-0.3, -0.25) is 0 Å². The molecular formula is C10H14F3N3. The van der Waals surface area contributed by atoms with E-state index in [0.717, 1.165) is 25.8 Å². The van der Waals surface area contributed by atoms with E-state index < -0.39 is 12.7 Å². The lowest BCUT2D eigenvalue weighted by Gasteiger charge is -2.24. The van der Waals surface area contributed by atoms with Gasteiger partial charge in [-0.1, -0.05) is 6.42 Å². The summed E-state index contributed by atoms with van der Waals surface area (Å²) in [6, 6.07) is 0.0126. The molecule has 1 saturated heterocycles. The molecule has 1 aromatic rings. The topological polar surface area (TPSA) is 29.9 Å². The zero-order valence-corrected chi connectivity index (χ0v) is 8.80. The van der Waals surface area contributed by atoms with Gasteiger partial charge in [0.1, 0.15) is 6.54 Å². The van der Waals surface area contributed by atoms with Crippen LogP contribution in [0.4, 0.5) is 13.2 Å². The Balaban J connectivity index is 2.11. The van der Waals surface area contributed by atoms with Gasteiger partial charge >= 0.3 is 6.18 Å². The molecule has 90 valence electrons. The van der Waals surface area contributed by atoms with Crippen LogP contribution in [0.5, 0.6) is 0 Å². The number of halogens is 3. The minimum atomic E-state index is -4.19. The number of aromatic nitrogens is 2. The number of hydrogen-bond acceptors (Lipinski definition) is 2. The van der Waals surface area contributed by atoms with Crippen LogP contribution in [-0.2, 0) is 6.54 Å². The summed E-state index contributed by atoms with van der Waals surface area (Å²) in [5, 5.41) is 3.22. The first-order valence-corrected chi connectivity index (χ1v) is 5.36. The number of imidazole rings is 1. The van der Waals surface area contributed by atoms with Crippen LogP contribution in [0.1, 0.15) is 31.0 Å². The summed E-state index contributed by atoms with van der Waals surface area (Å²) in [7, 11) is 0. The van der Waals surface area contributed by atoms with Gasteiger partial charge < -0.3 is 9.88 Å². The van der Waals surface area contributed by atoms with Crippen molar-refractivity contribution in [2.24, 2.45) is 0 Å². The van der Waals surface area contributed by atoms with E-state index in [4.69, 9.17) is 0 Å². The summed E-state index contributed by atoms with van der Waals surface area (Å²) in [5.41, 5.74) is 0.636. The van der Waals surface area contributed by atoms with Crippen LogP contribution in [0.3, 0.4) is 0 Å². The Hall–Kier alpha value is -1.04. The SMILES string of the molecule is FC(F)(F)Cn1cncc1C1CCCCN1. The molecule has 1 fully saturated rings. The summed E-state index contributed by atoms with van der Waals surface area (Å²) in [4.78, 5) is 3.80. The number of nitrogens with one attached hydrogen (secondary N) is 1. The molecule has 1 aliphatic heterocycles. The summed E-state index contributed by atoms with van der Waals surface area (Å²) in [6.45, 7) is -0.0949. The molecule has 1 N–H and O–H groups in total. The number of nitrogens with zero attached hydrogens (tertiary/aromatic N) is 2. The van der Waals surface area contributed by atoms with Crippen LogP contribution < -0.4 is 5.32 Å². The number of hydrogen-bond donors (Lipinski definition) is 1. The molecule has 0 radical (unpaired) electrons. The van der Waals surface area contributed by atoms with Crippen LogP contribution in [0, 0.1) is 0 Å². The van der Waals surface area contributed by atoms with Crippen molar-refractivity contribution in [1.82, 2.24) is 14.9 Å². The lowest BCUT2D eigenvalue weighted by atomic mass is 10.0. The smallest absolute Gasteiger partial charge is 0.324 e. The molecular weight excluding hydrogens is 219 g/mol. The molecule has 0 aliphatic carbocycles. The maximum Gasteiger partial charge on any atom is 0.406 e. The highest BCUT2D eigenvalue weighted by atomic mass is 19.4. The lowest BCUT2D eigenvalue weighted by molar-refractivity contribution is -0.141. The molecule has 0 saturated carbocycles. The van der Waals surface area contributed by atoms with Crippen LogP contribution >= 0.6 is 0 Å². The van der Waals surface area contributed by atoms with Crippen molar-refractivity contribution < 1.29 is 13.2 Å². The highest BCUT2D eigenvalue weighted by Gasteiger charge is 2.30. The fraction of sp³-hybridized carbons (Fsp3) is 0.700. The van der Waals surface area contributed by atoms with Crippen molar-refractivity contribution in [1.29, 1.82) is 0 Å². The van der Waals surface area contributed by atoms with Gasteiger partial charge in [-0.15, -0.1) is 0 Å². The van der Waals surface area contributed by atoms with Crippen molar-refractivity contribution in [2.75, 3.05) is 6.54 Å². The zero-order valence-electron chi connectivity index (χ0n) is 8.80. The van der Waals surface area contributed by atoms with E-state index in [9.17, 15) is 13.2 Å². The van der Waals surface area contributed by atoms with Gasteiger partial charge in [0, 0.05) is 12.2 Å². The third-order valence-electron chi connectivity index (χ3n) is 2.76. The molecule has 0 bridgehead atoms. The van der Waals surface area contributed by atoms with Crippen LogP contribution in [0.2, 0.25) is 0 Å². The minimum Gasteiger partial charge on any atom is -0.324 e. The Morgan fingerprint density at radius 3 is 2.88 bits per heavy atom. The average molecular weight is 233 g/mol. The second-order valence-corrected chi connectivity index (χ2v) is 4.06. The van der Waals surface area contributed by atoms with Crippen molar-refractivity contribution >= 4 is 0 Å². The molecule has 1 aromatic heterocycles. The number of rotatable bonds is 2. The third-order valence-corrected chi connectivity index (χ3v) is 2.76. The Labute approximate surface area is 91.7 Å². The molecule has 0 aromatic carbocycles. The summed E-state index contributed by atoms with van der Waals surface area (Å²) in [6.07, 6.45) is 1.60. The molecule has 1 aliphatic rings. The van der Waals surface area contributed by atoms with Gasteiger partial charge in [0.25, 0.3) is 0 Å². The molecule has 2 heterocycles. The number of piperidine rings is 1. The predicted molar refractivity (Wildman–Crippen MR) is 52.9 cm³/mol. The molecule has 1 atom stereocenters. The van der Waals surface area contributed by atoms with Crippen LogP contribution in [-0.4, -0.2) is 22.3 Å². The van der Waals surface area contributed by atoms with E-state index in [1.54, 1.807) is 0 Å². The molecule has 3 nitrogen and oxygen atoms in total. The van der Waals surface area contributed by atoms with Crippen LogP contribution in [0.25, 0.3) is 0 Å². The fourth-order valence-electron chi connectivity index (χ4n) is 2.05. The largest absolute Gasteiger partial charge is 0.406 e. The maximum absolute atomic E-state index is 12.3. The maximum atomic E-state index is 12.3. The fourth-order valence-corrected chi connectivity index (χ4v) is 2.05. The first-order chi connectivity index (χ1) is 7.56. The normalized spacial score (nSPS) is 22.3. The second-order valence-electron chi connectivity index (χ2n) is 4.06. The predicted octanol–water partition coefficient (Wildman–Crippen LogP) is 2.26. The Morgan fingerprint density at radius 1 is 1.44 bits per heavy atom. The number of alkyl halides is 3. The summed E-state index contributed by atoms with van der Waals surface area (Å²) >= 11 is 0. The van der Waals surface area contributed by atoms with E-state index in [2.05, 4.69) is 10.3 Å². The average Bonchev–Trinajstić information content (AvgIpc) is 2.64. The van der Waals surface area contributed by atoms with E-state index in [1.165, 1.54) is 17.1 Å². The lowest BCUT2D eigenvalue weighted by Crippen LogP contribution is -2.30.